The third-order valence-corrected chi connectivity index (χ3v) is 2.76. The van der Waals surface area contributed by atoms with Crippen molar-refractivity contribution in [1.29, 1.82) is 0 Å². The molecule has 0 spiro atoms. The van der Waals surface area contributed by atoms with Crippen LogP contribution in [0.15, 0.2) is 24.3 Å². The zero-order valence-corrected chi connectivity index (χ0v) is 10.1. The summed E-state index contributed by atoms with van der Waals surface area (Å²) in [5.74, 6) is -0.873. The van der Waals surface area contributed by atoms with Crippen LogP contribution in [0.3, 0.4) is 0 Å². The highest BCUT2D eigenvalue weighted by Gasteiger charge is 2.25. The van der Waals surface area contributed by atoms with E-state index in [0.29, 0.717) is 5.56 Å². The second-order valence-corrected chi connectivity index (χ2v) is 4.03. The predicted octanol–water partition coefficient (Wildman–Crippen LogP) is 2.11. The van der Waals surface area contributed by atoms with Crippen LogP contribution < -0.4 is 0 Å². The summed E-state index contributed by atoms with van der Waals surface area (Å²) >= 11 is 3.00. The summed E-state index contributed by atoms with van der Waals surface area (Å²) in [5.41, 5.74) is 1.56. The molecule has 0 saturated carbocycles. The van der Waals surface area contributed by atoms with Gasteiger partial charge in [0.1, 0.15) is 0 Å². The van der Waals surface area contributed by atoms with Gasteiger partial charge in [0.05, 0.1) is 7.11 Å². The lowest BCUT2D eigenvalue weighted by molar-refractivity contribution is -0.138. The van der Waals surface area contributed by atoms with E-state index in [2.05, 4.69) is 20.7 Å². The maximum Gasteiger partial charge on any atom is 0.327 e. The Bertz CT molecular complexity index is 370. The van der Waals surface area contributed by atoms with Gasteiger partial charge in [-0.25, -0.2) is 0 Å². The van der Waals surface area contributed by atoms with Crippen molar-refractivity contribution >= 4 is 27.7 Å². The Kier molecular flexibility index (Phi) is 4.03. The molecule has 0 bridgehead atoms. The predicted molar refractivity (Wildman–Crippen MR) is 60.2 cm³/mol. The minimum atomic E-state index is -0.926. The van der Waals surface area contributed by atoms with Gasteiger partial charge in [0.2, 0.25) is 0 Å². The number of esters is 1. The number of halogens is 1. The first-order valence-electron chi connectivity index (χ1n) is 4.39. The highest BCUT2D eigenvalue weighted by atomic mass is 79.9. The van der Waals surface area contributed by atoms with Crippen molar-refractivity contribution in [2.75, 3.05) is 7.11 Å². The maximum absolute atomic E-state index is 11.7. The van der Waals surface area contributed by atoms with Gasteiger partial charge in [-0.2, -0.15) is 0 Å². The molecule has 0 radical (unpaired) electrons. The highest BCUT2D eigenvalue weighted by Crippen LogP contribution is 2.12. The maximum atomic E-state index is 11.7. The largest absolute Gasteiger partial charge is 0.468 e. The molecule has 1 aromatic carbocycles. The van der Waals surface area contributed by atoms with E-state index in [0.717, 1.165) is 5.56 Å². The molecule has 0 saturated heterocycles. The molecule has 0 heterocycles. The average molecular weight is 271 g/mol. The fourth-order valence-corrected chi connectivity index (χ4v) is 1.53. The topological polar surface area (TPSA) is 43.4 Å². The minimum absolute atomic E-state index is 0.290. The van der Waals surface area contributed by atoms with Crippen molar-refractivity contribution < 1.29 is 14.3 Å². The summed E-state index contributed by atoms with van der Waals surface area (Å²) in [5, 5.41) is 0. The van der Waals surface area contributed by atoms with Crippen molar-refractivity contribution in [2.45, 2.75) is 11.8 Å². The summed E-state index contributed by atoms with van der Waals surface area (Å²) < 4.78 is 4.47. The van der Waals surface area contributed by atoms with Crippen LogP contribution in [0, 0.1) is 6.92 Å². The van der Waals surface area contributed by atoms with Gasteiger partial charge in [-0.05, 0) is 6.92 Å². The SMILES string of the molecule is COC(=O)C(Br)C(=O)c1ccc(C)cc1. The summed E-state index contributed by atoms with van der Waals surface area (Å²) in [6.45, 7) is 1.93. The van der Waals surface area contributed by atoms with Crippen LogP contribution in [-0.2, 0) is 9.53 Å². The lowest BCUT2D eigenvalue weighted by atomic mass is 10.1. The number of ether oxygens (including phenoxy) is 1. The summed E-state index contributed by atoms with van der Waals surface area (Å²) in [4.78, 5) is 21.9. The number of methoxy groups -OCH3 is 1. The van der Waals surface area contributed by atoms with E-state index in [1.807, 2.05) is 19.1 Å². The average Bonchev–Trinajstić information content (AvgIpc) is 2.27. The van der Waals surface area contributed by atoms with Crippen LogP contribution in [-0.4, -0.2) is 23.7 Å². The number of rotatable bonds is 3. The van der Waals surface area contributed by atoms with Gasteiger partial charge >= 0.3 is 5.97 Å². The fourth-order valence-electron chi connectivity index (χ4n) is 1.07. The van der Waals surface area contributed by atoms with Crippen LogP contribution in [0.4, 0.5) is 0 Å². The number of carbonyl (C=O) groups excluding carboxylic acids is 2. The van der Waals surface area contributed by atoms with Crippen LogP contribution in [0.25, 0.3) is 0 Å². The number of benzene rings is 1. The highest BCUT2D eigenvalue weighted by molar-refractivity contribution is 9.10. The van der Waals surface area contributed by atoms with Gasteiger partial charge in [-0.3, -0.25) is 9.59 Å². The molecular formula is C11H11BrO3. The molecule has 1 aromatic rings. The molecule has 4 heteroatoms. The van der Waals surface area contributed by atoms with E-state index >= 15 is 0 Å². The van der Waals surface area contributed by atoms with Crippen LogP contribution in [0.2, 0.25) is 0 Å². The first kappa shape index (κ1) is 11.9. The molecule has 0 aliphatic rings. The number of alkyl halides is 1. The van der Waals surface area contributed by atoms with E-state index in [1.165, 1.54) is 7.11 Å². The Morgan fingerprint density at radius 1 is 1.27 bits per heavy atom. The smallest absolute Gasteiger partial charge is 0.327 e. The molecule has 0 aliphatic heterocycles. The third-order valence-electron chi connectivity index (χ3n) is 1.97. The minimum Gasteiger partial charge on any atom is -0.468 e. The van der Waals surface area contributed by atoms with Crippen molar-refractivity contribution in [3.63, 3.8) is 0 Å². The van der Waals surface area contributed by atoms with Crippen LogP contribution in [0.1, 0.15) is 15.9 Å². The molecule has 0 N–H and O–H groups in total. The fraction of sp³-hybridized carbons (Fsp3) is 0.273. The molecule has 0 fully saturated rings. The summed E-state index contributed by atoms with van der Waals surface area (Å²) in [6.07, 6.45) is 0. The lowest BCUT2D eigenvalue weighted by Gasteiger charge is -2.06. The number of hydrogen-bond donors (Lipinski definition) is 0. The van der Waals surface area contributed by atoms with Crippen LogP contribution >= 0.6 is 15.9 Å². The molecule has 0 aromatic heterocycles. The van der Waals surface area contributed by atoms with Gasteiger partial charge < -0.3 is 4.74 Å². The molecule has 15 heavy (non-hydrogen) atoms. The van der Waals surface area contributed by atoms with Crippen LogP contribution in [0.5, 0.6) is 0 Å². The molecule has 1 atom stereocenters. The normalized spacial score (nSPS) is 11.9. The Morgan fingerprint density at radius 2 is 1.80 bits per heavy atom. The monoisotopic (exact) mass is 270 g/mol. The lowest BCUT2D eigenvalue weighted by Crippen LogP contribution is -2.25. The first-order valence-corrected chi connectivity index (χ1v) is 5.30. The summed E-state index contributed by atoms with van der Waals surface area (Å²) in [6, 6.07) is 7.03. The van der Waals surface area contributed by atoms with Crippen molar-refractivity contribution in [3.8, 4) is 0 Å². The second-order valence-electron chi connectivity index (χ2n) is 3.12. The van der Waals surface area contributed by atoms with Crippen molar-refractivity contribution in [3.05, 3.63) is 35.4 Å². The van der Waals surface area contributed by atoms with E-state index < -0.39 is 10.8 Å². The van der Waals surface area contributed by atoms with Gasteiger partial charge in [0, 0.05) is 5.56 Å². The first-order chi connectivity index (χ1) is 7.06. The zero-order chi connectivity index (χ0) is 11.4. The van der Waals surface area contributed by atoms with Gasteiger partial charge in [-0.15, -0.1) is 0 Å². The Hall–Kier alpha value is -1.16. The van der Waals surface area contributed by atoms with E-state index in [1.54, 1.807) is 12.1 Å². The standard InChI is InChI=1S/C11H11BrO3/c1-7-3-5-8(6-4-7)10(13)9(12)11(14)15-2/h3-6,9H,1-2H3. The second kappa shape index (κ2) is 5.07. The van der Waals surface area contributed by atoms with E-state index in [4.69, 9.17) is 0 Å². The summed E-state index contributed by atoms with van der Waals surface area (Å²) in [7, 11) is 1.25. The number of carbonyl (C=O) groups is 2. The van der Waals surface area contributed by atoms with Gasteiger partial charge in [0.15, 0.2) is 10.6 Å². The number of aryl methyl sites for hydroxylation is 1. The number of Topliss-reactive ketones (excluding diaryl/α,β-unsaturated/α-hetero) is 1. The Balaban J connectivity index is 2.85. The molecule has 80 valence electrons. The third kappa shape index (κ3) is 2.89. The quantitative estimate of drug-likeness (QED) is 0.366. The van der Waals surface area contributed by atoms with Crippen molar-refractivity contribution in [1.82, 2.24) is 0 Å². The van der Waals surface area contributed by atoms with E-state index in [9.17, 15) is 9.59 Å². The number of hydrogen-bond acceptors (Lipinski definition) is 3. The molecular weight excluding hydrogens is 260 g/mol. The molecule has 3 nitrogen and oxygen atoms in total. The number of ketones is 1. The Labute approximate surface area is 96.6 Å². The molecule has 0 amide bonds. The van der Waals surface area contributed by atoms with E-state index in [-0.39, 0.29) is 5.78 Å². The molecule has 1 rings (SSSR count). The molecule has 0 aliphatic carbocycles. The van der Waals surface area contributed by atoms with Gasteiger partial charge in [-0.1, -0.05) is 45.8 Å². The Morgan fingerprint density at radius 3 is 2.27 bits per heavy atom. The zero-order valence-electron chi connectivity index (χ0n) is 8.49. The molecule has 1 unspecified atom stereocenters. The van der Waals surface area contributed by atoms with Gasteiger partial charge in [0.25, 0.3) is 0 Å². The van der Waals surface area contributed by atoms with Crippen molar-refractivity contribution in [2.24, 2.45) is 0 Å².